The molecule has 2 aromatic carbocycles. The lowest BCUT2D eigenvalue weighted by molar-refractivity contribution is -0.116. The molecular weight excluding hydrogens is 468 g/mol. The molecule has 6 nitrogen and oxygen atoms in total. The summed E-state index contributed by atoms with van der Waals surface area (Å²) >= 11 is 0. The highest BCUT2D eigenvalue weighted by Crippen LogP contribution is 2.41. The fourth-order valence-corrected chi connectivity index (χ4v) is 4.43. The Balaban J connectivity index is 2.01. The molecule has 6 heteroatoms. The van der Waals surface area contributed by atoms with Crippen molar-refractivity contribution < 1.29 is 29.6 Å². The highest BCUT2D eigenvalue weighted by Gasteiger charge is 2.31. The van der Waals surface area contributed by atoms with Crippen LogP contribution in [0.25, 0.3) is 12.2 Å². The standard InChI is InChI=1S/C31H34O6/c1-19-16-21(6-10-25(19)32)7-11-27(34)23(17-22-8-12-29(36)30(18-22)37-5)28(35)13-9-24-20(2)26(33)14-15-31(24,3)4/h6-13,16-18,26,32-33,36H,14-15H2,1-5H3/b11-7+,13-9+,23-17-. The first-order valence-corrected chi connectivity index (χ1v) is 12.2. The number of methoxy groups -OCH3 is 1. The Bertz CT molecular complexity index is 1320. The zero-order valence-corrected chi connectivity index (χ0v) is 21.9. The van der Waals surface area contributed by atoms with Crippen LogP contribution in [0.2, 0.25) is 0 Å². The number of phenols is 2. The molecule has 3 N–H and O–H groups in total. The van der Waals surface area contributed by atoms with E-state index < -0.39 is 17.7 Å². The molecule has 0 radical (unpaired) electrons. The van der Waals surface area contributed by atoms with E-state index in [0.29, 0.717) is 23.1 Å². The molecular formula is C31H34O6. The third-order valence-electron chi connectivity index (χ3n) is 6.79. The van der Waals surface area contributed by atoms with Gasteiger partial charge in [0.05, 0.1) is 18.8 Å². The van der Waals surface area contributed by atoms with E-state index in [-0.39, 0.29) is 28.2 Å². The van der Waals surface area contributed by atoms with Crippen molar-refractivity contribution in [3.05, 3.63) is 88.0 Å². The summed E-state index contributed by atoms with van der Waals surface area (Å²) in [5, 5.41) is 30.0. The van der Waals surface area contributed by atoms with Gasteiger partial charge in [-0.2, -0.15) is 0 Å². The van der Waals surface area contributed by atoms with E-state index in [1.54, 1.807) is 49.4 Å². The van der Waals surface area contributed by atoms with Gasteiger partial charge in [0.2, 0.25) is 0 Å². The Kier molecular flexibility index (Phi) is 8.56. The highest BCUT2D eigenvalue weighted by atomic mass is 16.5. The molecule has 0 heterocycles. The number of ketones is 2. The summed E-state index contributed by atoms with van der Waals surface area (Å²) in [4.78, 5) is 26.6. The van der Waals surface area contributed by atoms with Gasteiger partial charge in [-0.1, -0.05) is 38.1 Å². The third kappa shape index (κ3) is 6.66. The van der Waals surface area contributed by atoms with Crippen molar-refractivity contribution in [2.45, 2.75) is 46.6 Å². The average molecular weight is 503 g/mol. The maximum atomic E-state index is 13.4. The smallest absolute Gasteiger partial charge is 0.189 e. The van der Waals surface area contributed by atoms with Gasteiger partial charge in [0.25, 0.3) is 0 Å². The number of benzene rings is 2. The Morgan fingerprint density at radius 3 is 2.22 bits per heavy atom. The molecule has 0 spiro atoms. The second-order valence-electron chi connectivity index (χ2n) is 9.97. The topological polar surface area (TPSA) is 104 Å². The summed E-state index contributed by atoms with van der Waals surface area (Å²) in [7, 11) is 1.42. The van der Waals surface area contributed by atoms with Gasteiger partial charge >= 0.3 is 0 Å². The molecule has 0 aliphatic heterocycles. The number of aryl methyl sites for hydroxylation is 1. The van der Waals surface area contributed by atoms with Crippen LogP contribution in [0.15, 0.2) is 71.3 Å². The Labute approximate surface area is 217 Å². The van der Waals surface area contributed by atoms with E-state index >= 15 is 0 Å². The van der Waals surface area contributed by atoms with Gasteiger partial charge in [0.15, 0.2) is 23.1 Å². The fourth-order valence-electron chi connectivity index (χ4n) is 4.43. The number of carbonyl (C=O) groups excluding carboxylic acids is 2. The van der Waals surface area contributed by atoms with Crippen molar-refractivity contribution in [1.29, 1.82) is 0 Å². The maximum absolute atomic E-state index is 13.4. The summed E-state index contributed by atoms with van der Waals surface area (Å²) in [6.07, 6.45) is 8.33. The molecule has 194 valence electrons. The zero-order chi connectivity index (χ0) is 27.3. The van der Waals surface area contributed by atoms with Crippen LogP contribution in [0, 0.1) is 12.3 Å². The quantitative estimate of drug-likeness (QED) is 0.243. The van der Waals surface area contributed by atoms with Gasteiger partial charge in [0.1, 0.15) is 5.75 Å². The van der Waals surface area contributed by atoms with E-state index in [0.717, 1.165) is 17.6 Å². The minimum atomic E-state index is -0.555. The monoisotopic (exact) mass is 502 g/mol. The van der Waals surface area contributed by atoms with Gasteiger partial charge < -0.3 is 20.1 Å². The first-order chi connectivity index (χ1) is 17.4. The molecule has 1 unspecified atom stereocenters. The third-order valence-corrected chi connectivity index (χ3v) is 6.79. The number of carbonyl (C=O) groups is 2. The molecule has 2 aromatic rings. The molecule has 0 aromatic heterocycles. The molecule has 0 bridgehead atoms. The van der Waals surface area contributed by atoms with Crippen molar-refractivity contribution in [1.82, 2.24) is 0 Å². The SMILES string of the molecule is COc1cc(/C=C(\C(=O)/C=C/C2=C(C)C(O)CCC2(C)C)C(=O)/C=C/c2ccc(O)c(C)c2)ccc1O. The van der Waals surface area contributed by atoms with Crippen LogP contribution in [0.3, 0.4) is 0 Å². The number of hydrogen-bond donors (Lipinski definition) is 3. The number of phenolic OH excluding ortho intramolecular Hbond substituents is 2. The normalized spacial score (nSPS) is 18.0. The number of aliphatic hydroxyl groups excluding tert-OH is 1. The molecule has 1 atom stereocenters. The van der Waals surface area contributed by atoms with Crippen molar-refractivity contribution >= 4 is 23.7 Å². The lowest BCUT2D eigenvalue weighted by Crippen LogP contribution is -2.27. The molecule has 0 saturated carbocycles. The number of rotatable bonds is 8. The van der Waals surface area contributed by atoms with E-state index in [1.807, 2.05) is 6.92 Å². The number of aromatic hydroxyl groups is 2. The predicted molar refractivity (Wildman–Crippen MR) is 145 cm³/mol. The Morgan fingerprint density at radius 1 is 0.946 bits per heavy atom. The number of allylic oxidation sites excluding steroid dienone is 5. The summed E-state index contributed by atoms with van der Waals surface area (Å²) < 4.78 is 5.16. The minimum Gasteiger partial charge on any atom is -0.508 e. The summed E-state index contributed by atoms with van der Waals surface area (Å²) in [6.45, 7) is 7.76. The van der Waals surface area contributed by atoms with E-state index in [2.05, 4.69) is 13.8 Å². The minimum absolute atomic E-state index is 0.0538. The Hall–Kier alpha value is -3.90. The lowest BCUT2D eigenvalue weighted by Gasteiger charge is -2.35. The van der Waals surface area contributed by atoms with Crippen molar-refractivity contribution in [2.75, 3.05) is 7.11 Å². The predicted octanol–water partition coefficient (Wildman–Crippen LogP) is 5.70. The largest absolute Gasteiger partial charge is 0.508 e. The van der Waals surface area contributed by atoms with Gasteiger partial charge in [-0.25, -0.2) is 0 Å². The van der Waals surface area contributed by atoms with Crippen molar-refractivity contribution in [3.63, 3.8) is 0 Å². The van der Waals surface area contributed by atoms with Crippen LogP contribution >= 0.6 is 0 Å². The first-order valence-electron chi connectivity index (χ1n) is 12.2. The van der Waals surface area contributed by atoms with E-state index in [9.17, 15) is 24.9 Å². The van der Waals surface area contributed by atoms with Gasteiger partial charge in [0, 0.05) is 0 Å². The molecule has 0 fully saturated rings. The molecule has 1 aliphatic carbocycles. The zero-order valence-electron chi connectivity index (χ0n) is 21.9. The van der Waals surface area contributed by atoms with Crippen LogP contribution in [0.5, 0.6) is 17.2 Å². The van der Waals surface area contributed by atoms with Crippen LogP contribution in [-0.2, 0) is 9.59 Å². The molecule has 37 heavy (non-hydrogen) atoms. The first kappa shape index (κ1) is 27.7. The van der Waals surface area contributed by atoms with Crippen LogP contribution < -0.4 is 4.74 Å². The highest BCUT2D eigenvalue weighted by molar-refractivity contribution is 6.30. The molecule has 0 saturated heterocycles. The van der Waals surface area contributed by atoms with E-state index in [4.69, 9.17) is 4.74 Å². The summed E-state index contributed by atoms with van der Waals surface area (Å²) in [5.41, 5.74) is 3.31. The second kappa shape index (κ2) is 11.4. The molecule has 0 amide bonds. The van der Waals surface area contributed by atoms with Crippen molar-refractivity contribution in [2.24, 2.45) is 5.41 Å². The number of ether oxygens (including phenoxy) is 1. The molecule has 3 rings (SSSR count). The van der Waals surface area contributed by atoms with Crippen LogP contribution in [0.4, 0.5) is 0 Å². The average Bonchev–Trinajstić information content (AvgIpc) is 2.86. The van der Waals surface area contributed by atoms with Gasteiger partial charge in [-0.3, -0.25) is 9.59 Å². The summed E-state index contributed by atoms with van der Waals surface area (Å²) in [6, 6.07) is 9.52. The van der Waals surface area contributed by atoms with Crippen molar-refractivity contribution in [3.8, 4) is 17.2 Å². The second-order valence-corrected chi connectivity index (χ2v) is 9.97. The number of hydrogen-bond acceptors (Lipinski definition) is 6. The Morgan fingerprint density at radius 2 is 1.57 bits per heavy atom. The molecule has 1 aliphatic rings. The van der Waals surface area contributed by atoms with E-state index in [1.165, 1.54) is 31.4 Å². The lowest BCUT2D eigenvalue weighted by atomic mass is 9.71. The van der Waals surface area contributed by atoms with Crippen LogP contribution in [-0.4, -0.2) is 40.1 Å². The van der Waals surface area contributed by atoms with Gasteiger partial charge in [-0.05, 0) is 102 Å². The van der Waals surface area contributed by atoms with Gasteiger partial charge in [-0.15, -0.1) is 0 Å². The fraction of sp³-hybridized carbons (Fsp3) is 0.290. The number of aliphatic hydroxyl groups is 1. The maximum Gasteiger partial charge on any atom is 0.189 e. The van der Waals surface area contributed by atoms with Crippen LogP contribution in [0.1, 0.15) is 50.3 Å². The summed E-state index contributed by atoms with van der Waals surface area (Å²) in [5.74, 6) is -0.661.